The van der Waals surface area contributed by atoms with Crippen LogP contribution in [0.25, 0.3) is 6.08 Å². The number of carbonyl (C=O) groups is 2. The number of amides is 1. The number of nitrogens with one attached hydrogen (secondary N) is 1. The molecule has 2 atom stereocenters. The van der Waals surface area contributed by atoms with E-state index >= 15 is 0 Å². The highest BCUT2D eigenvalue weighted by Crippen LogP contribution is 2.32. The van der Waals surface area contributed by atoms with Crippen LogP contribution in [0.4, 0.5) is 0 Å². The lowest BCUT2D eigenvalue weighted by Gasteiger charge is -2.26. The number of halogens is 3. The Morgan fingerprint density at radius 2 is 1.80 bits per heavy atom. The lowest BCUT2D eigenvalue weighted by Crippen LogP contribution is -2.47. The number of ether oxygens (including phenoxy) is 2. The van der Waals surface area contributed by atoms with Gasteiger partial charge in [-0.25, -0.2) is 9.79 Å². The van der Waals surface area contributed by atoms with Crippen LogP contribution in [-0.2, 0) is 14.3 Å². The van der Waals surface area contributed by atoms with Gasteiger partial charge in [0, 0.05) is 6.42 Å². The summed E-state index contributed by atoms with van der Waals surface area (Å²) in [5.41, 5.74) is 2.02. The molecule has 210 valence electrons. The van der Waals surface area contributed by atoms with E-state index in [0.29, 0.717) is 31.9 Å². The van der Waals surface area contributed by atoms with Crippen molar-refractivity contribution in [2.45, 2.75) is 43.3 Å². The zero-order chi connectivity index (χ0) is 29.0. The van der Waals surface area contributed by atoms with E-state index < -0.39 is 22.0 Å². The summed E-state index contributed by atoms with van der Waals surface area (Å²) in [5.74, 6) is -0.491. The number of allylic oxidation sites excluding steroid dienone is 1. The number of esters is 1. The Labute approximate surface area is 249 Å². The van der Waals surface area contributed by atoms with Gasteiger partial charge in [0.05, 0.1) is 28.5 Å². The fraction of sp³-hybridized carbons (Fsp3) is 0.286. The number of thiazole rings is 1. The minimum Gasteiger partial charge on any atom is -0.466 e. The molecule has 40 heavy (non-hydrogen) atoms. The van der Waals surface area contributed by atoms with Crippen molar-refractivity contribution in [3.05, 3.63) is 96.7 Å². The maximum Gasteiger partial charge on any atom is 0.338 e. The van der Waals surface area contributed by atoms with Crippen molar-refractivity contribution in [3.8, 4) is 5.75 Å². The van der Waals surface area contributed by atoms with Crippen molar-refractivity contribution in [1.29, 1.82) is 0 Å². The number of alkyl halides is 3. The van der Waals surface area contributed by atoms with Crippen LogP contribution in [-0.4, -0.2) is 33.1 Å². The third-order valence-corrected chi connectivity index (χ3v) is 7.55. The van der Waals surface area contributed by atoms with Crippen molar-refractivity contribution in [2.24, 2.45) is 4.99 Å². The van der Waals surface area contributed by atoms with E-state index in [-0.39, 0.29) is 24.5 Å². The maximum absolute atomic E-state index is 13.7. The van der Waals surface area contributed by atoms with E-state index in [2.05, 4.69) is 10.3 Å². The second-order valence-corrected chi connectivity index (χ2v) is 12.1. The van der Waals surface area contributed by atoms with E-state index in [4.69, 9.17) is 44.3 Å². The number of carbonyl (C=O) groups excluding carboxylic acids is 2. The standard InChI is InChI=1S/C28H26Cl3N3O5S/c1-4-21(35)33-26(28(29,30)31)39-19-13-11-17(12-14-19)15-20-24(36)34-23(18-9-7-6-8-10-18)22(25(37)38-5-2)16(3)32-27(34)40-20/h6-15,23,26H,4-5H2,1-3H3,(H,33,35). The normalized spacial score (nSPS) is 16.1. The molecule has 0 saturated carbocycles. The molecule has 12 heteroatoms. The van der Waals surface area contributed by atoms with Crippen LogP contribution in [0.3, 0.4) is 0 Å². The third kappa shape index (κ3) is 6.61. The summed E-state index contributed by atoms with van der Waals surface area (Å²) < 4.78 is 11.1. The first kappa shape index (κ1) is 29.9. The molecular formula is C28H26Cl3N3O5S. The Hall–Kier alpha value is -3.11. The summed E-state index contributed by atoms with van der Waals surface area (Å²) in [7, 11) is 0. The molecule has 4 rings (SSSR count). The van der Waals surface area contributed by atoms with E-state index in [9.17, 15) is 14.4 Å². The molecule has 1 amide bonds. The van der Waals surface area contributed by atoms with E-state index in [1.54, 1.807) is 51.1 Å². The van der Waals surface area contributed by atoms with E-state index in [1.165, 1.54) is 15.9 Å². The molecule has 2 aromatic carbocycles. The van der Waals surface area contributed by atoms with Gasteiger partial charge in [-0.05, 0) is 43.2 Å². The molecule has 8 nitrogen and oxygen atoms in total. The number of benzene rings is 2. The lowest BCUT2D eigenvalue weighted by atomic mass is 9.96. The molecule has 1 aliphatic heterocycles. The number of nitrogens with zero attached hydrogens (tertiary/aromatic N) is 2. The van der Waals surface area contributed by atoms with Gasteiger partial charge < -0.3 is 14.8 Å². The zero-order valence-electron chi connectivity index (χ0n) is 21.8. The molecule has 2 unspecified atom stereocenters. The smallest absolute Gasteiger partial charge is 0.338 e. The molecule has 0 fully saturated rings. The number of fused-ring (bicyclic) bond motifs is 1. The van der Waals surface area contributed by atoms with Gasteiger partial charge in [-0.2, -0.15) is 0 Å². The average Bonchev–Trinajstić information content (AvgIpc) is 3.22. The first-order chi connectivity index (χ1) is 19.0. The van der Waals surface area contributed by atoms with Crippen LogP contribution >= 0.6 is 46.1 Å². The van der Waals surface area contributed by atoms with Crippen molar-refractivity contribution >= 4 is 64.1 Å². The second-order valence-electron chi connectivity index (χ2n) is 8.74. The number of hydrogen-bond donors (Lipinski definition) is 1. The van der Waals surface area contributed by atoms with Crippen molar-refractivity contribution in [3.63, 3.8) is 0 Å². The van der Waals surface area contributed by atoms with Gasteiger partial charge >= 0.3 is 5.97 Å². The predicted octanol–water partition coefficient (Wildman–Crippen LogP) is 4.40. The first-order valence-corrected chi connectivity index (χ1v) is 14.4. The van der Waals surface area contributed by atoms with Gasteiger partial charge in [0.25, 0.3) is 5.56 Å². The second kappa shape index (κ2) is 12.6. The predicted molar refractivity (Wildman–Crippen MR) is 156 cm³/mol. The Morgan fingerprint density at radius 1 is 1.12 bits per heavy atom. The molecule has 0 saturated heterocycles. The summed E-state index contributed by atoms with van der Waals surface area (Å²) in [5, 5.41) is 2.53. The minimum absolute atomic E-state index is 0.197. The van der Waals surface area contributed by atoms with Crippen LogP contribution in [0.1, 0.15) is 44.4 Å². The topological polar surface area (TPSA) is 99.0 Å². The highest BCUT2D eigenvalue weighted by molar-refractivity contribution is 7.07. The van der Waals surface area contributed by atoms with Crippen LogP contribution in [0.5, 0.6) is 5.75 Å². The van der Waals surface area contributed by atoms with E-state index in [1.807, 2.05) is 30.3 Å². The molecule has 3 aromatic rings. The summed E-state index contributed by atoms with van der Waals surface area (Å²) in [6, 6.07) is 15.4. The highest BCUT2D eigenvalue weighted by Gasteiger charge is 2.36. The molecule has 0 bridgehead atoms. The molecule has 0 radical (unpaired) electrons. The quantitative estimate of drug-likeness (QED) is 0.228. The molecule has 2 heterocycles. The van der Waals surface area contributed by atoms with Crippen LogP contribution in [0.2, 0.25) is 0 Å². The number of hydrogen-bond acceptors (Lipinski definition) is 7. The Bertz CT molecular complexity index is 1610. The summed E-state index contributed by atoms with van der Waals surface area (Å²) in [6.07, 6.45) is 0.724. The third-order valence-electron chi connectivity index (χ3n) is 5.97. The highest BCUT2D eigenvalue weighted by atomic mass is 35.6. The number of rotatable bonds is 8. The van der Waals surface area contributed by atoms with Gasteiger partial charge in [-0.3, -0.25) is 14.2 Å². The van der Waals surface area contributed by atoms with Gasteiger partial charge in [-0.1, -0.05) is 95.5 Å². The first-order valence-electron chi connectivity index (χ1n) is 12.4. The Balaban J connectivity index is 1.71. The van der Waals surface area contributed by atoms with Gasteiger partial charge in [0.2, 0.25) is 15.9 Å². The van der Waals surface area contributed by atoms with Gasteiger partial charge in [-0.15, -0.1) is 0 Å². The fourth-order valence-electron chi connectivity index (χ4n) is 4.10. The van der Waals surface area contributed by atoms with Crippen molar-refractivity contribution in [1.82, 2.24) is 9.88 Å². The lowest BCUT2D eigenvalue weighted by molar-refractivity contribution is -0.139. The fourth-order valence-corrected chi connectivity index (χ4v) is 5.44. The summed E-state index contributed by atoms with van der Waals surface area (Å²) in [6.45, 7) is 5.35. The van der Waals surface area contributed by atoms with Gasteiger partial charge in [0.15, 0.2) is 4.80 Å². The zero-order valence-corrected chi connectivity index (χ0v) is 24.9. The Kier molecular flexibility index (Phi) is 9.41. The van der Waals surface area contributed by atoms with Crippen molar-refractivity contribution in [2.75, 3.05) is 6.61 Å². The molecular weight excluding hydrogens is 597 g/mol. The SMILES string of the molecule is CCOC(=O)C1=C(C)N=c2sc(=Cc3ccc(OC(NC(=O)CC)C(Cl)(Cl)Cl)cc3)c(=O)n2C1c1ccccc1. The largest absolute Gasteiger partial charge is 0.466 e. The molecule has 1 aliphatic rings. The summed E-state index contributed by atoms with van der Waals surface area (Å²) >= 11 is 19.2. The van der Waals surface area contributed by atoms with E-state index in [0.717, 1.165) is 5.56 Å². The molecule has 1 aromatic heterocycles. The summed E-state index contributed by atoms with van der Waals surface area (Å²) in [4.78, 5) is 43.5. The minimum atomic E-state index is -1.90. The van der Waals surface area contributed by atoms with Crippen LogP contribution in [0.15, 0.2) is 75.7 Å². The van der Waals surface area contributed by atoms with Crippen LogP contribution < -0.4 is 24.9 Å². The van der Waals surface area contributed by atoms with Gasteiger partial charge in [0.1, 0.15) is 5.75 Å². The monoisotopic (exact) mass is 621 g/mol. The number of aromatic nitrogens is 1. The average molecular weight is 623 g/mol. The van der Waals surface area contributed by atoms with Crippen LogP contribution in [0, 0.1) is 0 Å². The molecule has 0 spiro atoms. The van der Waals surface area contributed by atoms with Crippen molar-refractivity contribution < 1.29 is 19.1 Å². The maximum atomic E-state index is 13.7. The molecule has 1 N–H and O–H groups in total. The molecule has 0 aliphatic carbocycles. The Morgan fingerprint density at radius 3 is 2.40 bits per heavy atom.